The number of piperidine rings is 1. The second-order valence-electron chi connectivity index (χ2n) is 7.38. The number of likely N-dealkylation sites (tertiary alicyclic amines) is 1. The summed E-state index contributed by atoms with van der Waals surface area (Å²) in [6.07, 6.45) is 7.34. The van der Waals surface area contributed by atoms with Crippen molar-refractivity contribution in [2.45, 2.75) is 25.3 Å². The normalized spacial score (nSPS) is 19.6. The molecule has 1 amide bonds. The number of hydrogen-bond acceptors (Lipinski definition) is 4. The molecule has 1 N–H and O–H groups in total. The smallest absolute Gasteiger partial charge is 0.243 e. The molecule has 0 aromatic heterocycles. The summed E-state index contributed by atoms with van der Waals surface area (Å²) in [5.74, 6) is 1.78. The van der Waals surface area contributed by atoms with Gasteiger partial charge in [0.25, 0.3) is 0 Å². The van der Waals surface area contributed by atoms with Crippen molar-refractivity contribution in [3.63, 3.8) is 0 Å². The summed E-state index contributed by atoms with van der Waals surface area (Å²) in [6.45, 7) is 4.96. The predicted octanol–water partition coefficient (Wildman–Crippen LogP) is 2.78. The van der Waals surface area contributed by atoms with Gasteiger partial charge in [-0.15, -0.1) is 24.8 Å². The number of rotatable bonds is 7. The highest BCUT2D eigenvalue weighted by atomic mass is 35.5. The van der Waals surface area contributed by atoms with Gasteiger partial charge in [0.15, 0.2) is 0 Å². The molecule has 2 aliphatic heterocycles. The van der Waals surface area contributed by atoms with Crippen LogP contribution in [0.3, 0.4) is 0 Å². The van der Waals surface area contributed by atoms with Crippen LogP contribution in [0.4, 0.5) is 0 Å². The van der Waals surface area contributed by atoms with E-state index in [9.17, 15) is 4.79 Å². The third kappa shape index (κ3) is 6.66. The van der Waals surface area contributed by atoms with Crippen molar-refractivity contribution in [1.29, 1.82) is 0 Å². The number of amides is 1. The highest BCUT2D eigenvalue weighted by Crippen LogP contribution is 2.21. The molecule has 1 atom stereocenters. The Morgan fingerprint density at radius 3 is 2.61 bits per heavy atom. The molecule has 1 aromatic carbocycles. The van der Waals surface area contributed by atoms with Crippen molar-refractivity contribution in [3.8, 4) is 5.75 Å². The van der Waals surface area contributed by atoms with Crippen molar-refractivity contribution >= 4 is 30.7 Å². The van der Waals surface area contributed by atoms with Gasteiger partial charge in [-0.25, -0.2) is 0 Å². The number of likely N-dealkylation sites (N-methyl/N-ethyl adjacent to an activating group) is 1. The zero-order valence-electron chi connectivity index (χ0n) is 16.8. The molecule has 28 heavy (non-hydrogen) atoms. The van der Waals surface area contributed by atoms with Crippen LogP contribution in [0.15, 0.2) is 36.4 Å². The maximum Gasteiger partial charge on any atom is 0.243 e. The average molecular weight is 430 g/mol. The largest absolute Gasteiger partial charge is 0.496 e. The Labute approximate surface area is 181 Å². The zero-order valence-corrected chi connectivity index (χ0v) is 18.4. The number of para-hydroxylation sites is 1. The summed E-state index contributed by atoms with van der Waals surface area (Å²) >= 11 is 0. The van der Waals surface area contributed by atoms with Crippen LogP contribution in [-0.4, -0.2) is 68.6 Å². The SMILES string of the molecule is COc1ccccc1CCN1CCC(CN(C)C(=O)C2C=CCN2)CC1.Cl.Cl. The lowest BCUT2D eigenvalue weighted by Gasteiger charge is -2.34. The van der Waals surface area contributed by atoms with Crippen LogP contribution in [0.1, 0.15) is 18.4 Å². The van der Waals surface area contributed by atoms with E-state index in [1.54, 1.807) is 7.11 Å². The molecule has 1 unspecified atom stereocenters. The highest BCUT2D eigenvalue weighted by molar-refractivity contribution is 5.85. The molecular weight excluding hydrogens is 397 g/mol. The van der Waals surface area contributed by atoms with Crippen LogP contribution in [0, 0.1) is 5.92 Å². The van der Waals surface area contributed by atoms with Gasteiger partial charge < -0.3 is 14.5 Å². The summed E-state index contributed by atoms with van der Waals surface area (Å²) in [5.41, 5.74) is 1.28. The summed E-state index contributed by atoms with van der Waals surface area (Å²) in [7, 11) is 3.67. The fourth-order valence-corrected chi connectivity index (χ4v) is 3.93. The lowest BCUT2D eigenvalue weighted by Crippen LogP contribution is -2.45. The third-order valence-electron chi connectivity index (χ3n) is 5.56. The van der Waals surface area contributed by atoms with E-state index in [-0.39, 0.29) is 36.8 Å². The van der Waals surface area contributed by atoms with Crippen LogP contribution < -0.4 is 10.1 Å². The Balaban J connectivity index is 0.00000196. The second kappa shape index (κ2) is 12.3. The molecule has 1 saturated heterocycles. The monoisotopic (exact) mass is 429 g/mol. The van der Waals surface area contributed by atoms with Crippen LogP contribution in [0.2, 0.25) is 0 Å². The lowest BCUT2D eigenvalue weighted by molar-refractivity contribution is -0.131. The third-order valence-corrected chi connectivity index (χ3v) is 5.56. The molecule has 2 heterocycles. The van der Waals surface area contributed by atoms with Gasteiger partial charge >= 0.3 is 0 Å². The van der Waals surface area contributed by atoms with Crippen molar-refractivity contribution < 1.29 is 9.53 Å². The van der Waals surface area contributed by atoms with Crippen LogP contribution in [-0.2, 0) is 11.2 Å². The summed E-state index contributed by atoms with van der Waals surface area (Å²) in [6, 6.07) is 8.15. The number of methoxy groups -OCH3 is 1. The summed E-state index contributed by atoms with van der Waals surface area (Å²) < 4.78 is 5.44. The van der Waals surface area contributed by atoms with E-state index in [4.69, 9.17) is 4.74 Å². The minimum absolute atomic E-state index is 0. The van der Waals surface area contributed by atoms with Crippen molar-refractivity contribution in [1.82, 2.24) is 15.1 Å². The van der Waals surface area contributed by atoms with Crippen molar-refractivity contribution in [3.05, 3.63) is 42.0 Å². The lowest BCUT2D eigenvalue weighted by atomic mass is 9.95. The number of nitrogens with zero attached hydrogens (tertiary/aromatic N) is 2. The maximum absolute atomic E-state index is 12.4. The van der Waals surface area contributed by atoms with Crippen LogP contribution in [0.5, 0.6) is 5.75 Å². The molecule has 2 aliphatic rings. The minimum atomic E-state index is -0.124. The number of benzene rings is 1. The van der Waals surface area contributed by atoms with Gasteiger partial charge in [-0.05, 0) is 49.9 Å². The number of carbonyl (C=O) groups excluding carboxylic acids is 1. The van der Waals surface area contributed by atoms with E-state index in [1.807, 2.05) is 36.2 Å². The molecule has 5 nitrogen and oxygen atoms in total. The Hall–Kier alpha value is -1.27. The van der Waals surface area contributed by atoms with E-state index in [1.165, 1.54) is 5.56 Å². The Bertz CT molecular complexity index is 634. The fourth-order valence-electron chi connectivity index (χ4n) is 3.93. The Morgan fingerprint density at radius 1 is 1.25 bits per heavy atom. The van der Waals surface area contributed by atoms with E-state index in [0.29, 0.717) is 5.92 Å². The van der Waals surface area contributed by atoms with Gasteiger partial charge in [-0.2, -0.15) is 0 Å². The molecule has 0 saturated carbocycles. The van der Waals surface area contributed by atoms with E-state index in [0.717, 1.165) is 57.7 Å². The number of hydrogen-bond donors (Lipinski definition) is 1. The molecule has 7 heteroatoms. The van der Waals surface area contributed by atoms with E-state index >= 15 is 0 Å². The minimum Gasteiger partial charge on any atom is -0.496 e. The molecule has 1 aromatic rings. The molecule has 0 aliphatic carbocycles. The van der Waals surface area contributed by atoms with E-state index in [2.05, 4.69) is 22.3 Å². The van der Waals surface area contributed by atoms with Crippen molar-refractivity contribution in [2.75, 3.05) is 46.9 Å². The first kappa shape index (κ1) is 24.8. The Kier molecular flexibility index (Phi) is 10.9. The quantitative estimate of drug-likeness (QED) is 0.676. The summed E-state index contributed by atoms with van der Waals surface area (Å²) in [5, 5.41) is 3.20. The molecule has 1 fully saturated rings. The standard InChI is InChI=1S/C21H31N3O2.2ClH/c1-23(21(25)19-7-5-12-22-19)16-17-9-13-24(14-10-17)15-11-18-6-3-4-8-20(18)26-2;;/h3-8,17,19,22H,9-16H2,1-2H3;2*1H. The first-order valence-corrected chi connectivity index (χ1v) is 9.66. The number of nitrogens with one attached hydrogen (secondary N) is 1. The first-order valence-electron chi connectivity index (χ1n) is 9.66. The second-order valence-corrected chi connectivity index (χ2v) is 7.38. The van der Waals surface area contributed by atoms with Gasteiger partial charge in [-0.3, -0.25) is 10.1 Å². The number of carbonyl (C=O) groups is 1. The molecular formula is C21H33Cl2N3O2. The topological polar surface area (TPSA) is 44.8 Å². The highest BCUT2D eigenvalue weighted by Gasteiger charge is 2.25. The fraction of sp³-hybridized carbons (Fsp3) is 0.571. The maximum atomic E-state index is 12.4. The van der Waals surface area contributed by atoms with Crippen LogP contribution in [0.25, 0.3) is 0 Å². The van der Waals surface area contributed by atoms with Crippen LogP contribution >= 0.6 is 24.8 Å². The molecule has 158 valence electrons. The van der Waals surface area contributed by atoms with Crippen molar-refractivity contribution in [2.24, 2.45) is 5.92 Å². The van der Waals surface area contributed by atoms with Gasteiger partial charge in [-0.1, -0.05) is 30.4 Å². The summed E-state index contributed by atoms with van der Waals surface area (Å²) in [4.78, 5) is 16.8. The van der Waals surface area contributed by atoms with Gasteiger partial charge in [0.2, 0.25) is 5.91 Å². The van der Waals surface area contributed by atoms with Gasteiger partial charge in [0.05, 0.1) is 7.11 Å². The number of ether oxygens (including phenoxy) is 1. The molecule has 0 bridgehead atoms. The van der Waals surface area contributed by atoms with Gasteiger partial charge in [0.1, 0.15) is 11.8 Å². The molecule has 3 rings (SSSR count). The molecule has 0 radical (unpaired) electrons. The Morgan fingerprint density at radius 2 is 1.96 bits per heavy atom. The molecule has 0 spiro atoms. The average Bonchev–Trinajstić information content (AvgIpc) is 3.21. The number of halogens is 2. The zero-order chi connectivity index (χ0) is 18.4. The predicted molar refractivity (Wildman–Crippen MR) is 119 cm³/mol. The first-order chi connectivity index (χ1) is 12.7. The van der Waals surface area contributed by atoms with E-state index < -0.39 is 0 Å². The van der Waals surface area contributed by atoms with Gasteiger partial charge in [0, 0.05) is 26.7 Å².